The van der Waals surface area contributed by atoms with Gasteiger partial charge in [-0.1, -0.05) is 60.7 Å². The fourth-order valence-electron chi connectivity index (χ4n) is 4.11. The molecule has 0 bridgehead atoms. The van der Waals surface area contributed by atoms with Gasteiger partial charge in [-0.05, 0) is 24.0 Å². The first-order valence-corrected chi connectivity index (χ1v) is 10.6. The molecule has 162 valence electrons. The summed E-state index contributed by atoms with van der Waals surface area (Å²) in [5, 5.41) is 14.7. The Morgan fingerprint density at radius 1 is 0.935 bits per heavy atom. The van der Waals surface area contributed by atoms with Gasteiger partial charge in [-0.25, -0.2) is 0 Å². The van der Waals surface area contributed by atoms with E-state index in [2.05, 4.69) is 29.6 Å². The van der Waals surface area contributed by atoms with Crippen LogP contribution < -0.4 is 19.5 Å². The summed E-state index contributed by atoms with van der Waals surface area (Å²) in [6.07, 6.45) is 0.315. The number of fused-ring (bicyclic) bond motifs is 1. The molecule has 0 saturated carbocycles. The number of benzene rings is 3. The molecule has 0 saturated heterocycles. The van der Waals surface area contributed by atoms with E-state index < -0.39 is 12.2 Å². The molecular formula is C26H29NO4. The molecule has 0 amide bonds. The molecule has 0 radical (unpaired) electrons. The molecule has 1 aliphatic heterocycles. The molecule has 3 atom stereocenters. The monoisotopic (exact) mass is 419 g/mol. The van der Waals surface area contributed by atoms with Gasteiger partial charge in [0.2, 0.25) is 0 Å². The summed E-state index contributed by atoms with van der Waals surface area (Å²) < 4.78 is 17.3. The average molecular weight is 420 g/mol. The fraction of sp³-hybridized carbons (Fsp3) is 0.308. The predicted molar refractivity (Wildman–Crippen MR) is 121 cm³/mol. The standard InChI is InChI=1S/C26H29NO4/c1-29-20-15-22(30-2)24-23(16-20)31-26(21(28)14-13-18-9-5-3-6-10-18)25(24)27-17-19-11-7-4-8-12-19/h3-12,15-16,21,25-28H,13-14,17H2,1-2H3/t21-,25+,26-/m1/s1. The van der Waals surface area contributed by atoms with Crippen LogP contribution in [-0.4, -0.2) is 31.5 Å². The van der Waals surface area contributed by atoms with E-state index in [4.69, 9.17) is 14.2 Å². The summed E-state index contributed by atoms with van der Waals surface area (Å²) in [5.41, 5.74) is 3.29. The van der Waals surface area contributed by atoms with Crippen molar-refractivity contribution in [1.82, 2.24) is 5.32 Å². The van der Waals surface area contributed by atoms with Crippen LogP contribution in [0, 0.1) is 0 Å². The van der Waals surface area contributed by atoms with Gasteiger partial charge in [0.1, 0.15) is 23.4 Å². The van der Waals surface area contributed by atoms with Gasteiger partial charge < -0.3 is 24.6 Å². The van der Waals surface area contributed by atoms with E-state index in [1.165, 1.54) is 11.1 Å². The second kappa shape index (κ2) is 9.86. The molecule has 1 heterocycles. The molecular weight excluding hydrogens is 390 g/mol. The van der Waals surface area contributed by atoms with Crippen molar-refractivity contribution in [2.75, 3.05) is 14.2 Å². The van der Waals surface area contributed by atoms with E-state index in [-0.39, 0.29) is 6.04 Å². The van der Waals surface area contributed by atoms with Crippen molar-refractivity contribution in [2.24, 2.45) is 0 Å². The van der Waals surface area contributed by atoms with E-state index >= 15 is 0 Å². The molecule has 3 aromatic carbocycles. The van der Waals surface area contributed by atoms with Crippen molar-refractivity contribution < 1.29 is 19.3 Å². The zero-order chi connectivity index (χ0) is 21.6. The number of aliphatic hydroxyl groups excluding tert-OH is 1. The second-order valence-corrected chi connectivity index (χ2v) is 7.76. The summed E-state index contributed by atoms with van der Waals surface area (Å²) in [6, 6.07) is 23.9. The number of hydrogen-bond donors (Lipinski definition) is 2. The highest BCUT2D eigenvalue weighted by atomic mass is 16.5. The van der Waals surface area contributed by atoms with Crippen LogP contribution in [0.15, 0.2) is 72.8 Å². The average Bonchev–Trinajstić information content (AvgIpc) is 3.20. The molecule has 0 fully saturated rings. The highest BCUT2D eigenvalue weighted by molar-refractivity contribution is 5.55. The van der Waals surface area contributed by atoms with Crippen molar-refractivity contribution in [1.29, 1.82) is 0 Å². The van der Waals surface area contributed by atoms with Crippen LogP contribution >= 0.6 is 0 Å². The number of aryl methyl sites for hydroxylation is 1. The predicted octanol–water partition coefficient (Wildman–Crippen LogP) is 4.29. The van der Waals surface area contributed by atoms with Crippen LogP contribution in [0.25, 0.3) is 0 Å². The number of nitrogens with one attached hydrogen (secondary N) is 1. The number of hydrogen-bond acceptors (Lipinski definition) is 5. The molecule has 1 aliphatic rings. The summed E-state index contributed by atoms with van der Waals surface area (Å²) in [4.78, 5) is 0. The van der Waals surface area contributed by atoms with Gasteiger partial charge in [-0.15, -0.1) is 0 Å². The third-order valence-electron chi connectivity index (χ3n) is 5.76. The number of methoxy groups -OCH3 is 2. The van der Waals surface area contributed by atoms with Gasteiger partial charge in [0, 0.05) is 18.7 Å². The first-order valence-electron chi connectivity index (χ1n) is 10.6. The minimum absolute atomic E-state index is 0.207. The molecule has 31 heavy (non-hydrogen) atoms. The van der Waals surface area contributed by atoms with Crippen LogP contribution in [0.2, 0.25) is 0 Å². The minimum atomic E-state index is -0.642. The van der Waals surface area contributed by atoms with Gasteiger partial charge in [0.05, 0.1) is 31.9 Å². The quantitative estimate of drug-likeness (QED) is 0.542. The lowest BCUT2D eigenvalue weighted by Gasteiger charge is -2.25. The van der Waals surface area contributed by atoms with Gasteiger partial charge in [0.15, 0.2) is 0 Å². The molecule has 0 unspecified atom stereocenters. The summed E-state index contributed by atoms with van der Waals surface area (Å²) in [7, 11) is 3.26. The highest BCUT2D eigenvalue weighted by Crippen LogP contribution is 2.46. The van der Waals surface area contributed by atoms with Crippen molar-refractivity contribution in [3.63, 3.8) is 0 Å². The Kier molecular flexibility index (Phi) is 6.75. The van der Waals surface area contributed by atoms with E-state index in [0.29, 0.717) is 30.2 Å². The lowest BCUT2D eigenvalue weighted by molar-refractivity contribution is 0.0239. The van der Waals surface area contributed by atoms with Gasteiger partial charge in [-0.3, -0.25) is 0 Å². The first-order chi connectivity index (χ1) is 15.2. The van der Waals surface area contributed by atoms with Crippen molar-refractivity contribution in [2.45, 2.75) is 37.6 Å². The maximum atomic E-state index is 11.1. The first kappa shape index (κ1) is 21.2. The normalized spacial score (nSPS) is 18.2. The summed E-state index contributed by atoms with van der Waals surface area (Å²) in [5.74, 6) is 2.04. The Balaban J connectivity index is 1.57. The zero-order valence-electron chi connectivity index (χ0n) is 18.0. The van der Waals surface area contributed by atoms with Crippen LogP contribution in [0.5, 0.6) is 17.2 Å². The molecule has 5 nitrogen and oxygen atoms in total. The number of rotatable bonds is 9. The van der Waals surface area contributed by atoms with Crippen molar-refractivity contribution in [3.05, 3.63) is 89.5 Å². The molecule has 5 heteroatoms. The van der Waals surface area contributed by atoms with E-state index in [9.17, 15) is 5.11 Å². The van der Waals surface area contributed by atoms with Crippen LogP contribution in [-0.2, 0) is 13.0 Å². The van der Waals surface area contributed by atoms with E-state index in [0.717, 1.165) is 12.0 Å². The smallest absolute Gasteiger partial charge is 0.144 e. The Bertz CT molecular complexity index is 977. The van der Waals surface area contributed by atoms with Crippen LogP contribution in [0.1, 0.15) is 29.2 Å². The lowest BCUT2D eigenvalue weighted by atomic mass is 9.95. The Labute approximate surface area is 183 Å². The molecule has 2 N–H and O–H groups in total. The lowest BCUT2D eigenvalue weighted by Crippen LogP contribution is -2.40. The van der Waals surface area contributed by atoms with Crippen molar-refractivity contribution >= 4 is 0 Å². The van der Waals surface area contributed by atoms with Gasteiger partial charge in [0.25, 0.3) is 0 Å². The number of ether oxygens (including phenoxy) is 3. The third-order valence-corrected chi connectivity index (χ3v) is 5.76. The second-order valence-electron chi connectivity index (χ2n) is 7.76. The van der Waals surface area contributed by atoms with Gasteiger partial charge >= 0.3 is 0 Å². The third kappa shape index (κ3) is 4.84. The van der Waals surface area contributed by atoms with Crippen molar-refractivity contribution in [3.8, 4) is 17.2 Å². The SMILES string of the molecule is COc1cc(OC)c2c(c1)O[C@H]([C@H](O)CCc1ccccc1)[C@H]2NCc1ccccc1. The van der Waals surface area contributed by atoms with Crippen LogP contribution in [0.3, 0.4) is 0 Å². The molecule has 3 aromatic rings. The summed E-state index contributed by atoms with van der Waals surface area (Å²) in [6.45, 7) is 0.658. The minimum Gasteiger partial charge on any atom is -0.496 e. The fourth-order valence-corrected chi connectivity index (χ4v) is 4.11. The van der Waals surface area contributed by atoms with Gasteiger partial charge in [-0.2, -0.15) is 0 Å². The Morgan fingerprint density at radius 3 is 2.26 bits per heavy atom. The van der Waals surface area contributed by atoms with E-state index in [1.54, 1.807) is 14.2 Å². The zero-order valence-corrected chi connectivity index (χ0v) is 18.0. The Hall–Kier alpha value is -3.02. The summed E-state index contributed by atoms with van der Waals surface area (Å²) >= 11 is 0. The Morgan fingerprint density at radius 2 is 1.61 bits per heavy atom. The topological polar surface area (TPSA) is 60.0 Å². The molecule has 0 spiro atoms. The highest BCUT2D eigenvalue weighted by Gasteiger charge is 2.41. The molecule has 4 rings (SSSR count). The largest absolute Gasteiger partial charge is 0.496 e. The van der Waals surface area contributed by atoms with E-state index in [1.807, 2.05) is 48.5 Å². The maximum Gasteiger partial charge on any atom is 0.144 e. The van der Waals surface area contributed by atoms with Crippen LogP contribution in [0.4, 0.5) is 0 Å². The number of aliphatic hydroxyl groups is 1. The maximum absolute atomic E-state index is 11.1. The molecule has 0 aromatic heterocycles. The molecule has 0 aliphatic carbocycles.